The van der Waals surface area contributed by atoms with Gasteiger partial charge in [-0.2, -0.15) is 0 Å². The smallest absolute Gasteiger partial charge is 0.257 e. The second kappa shape index (κ2) is 12.4. The molecule has 0 saturated carbocycles. The van der Waals surface area contributed by atoms with E-state index in [1.54, 1.807) is 97.1 Å². The molecular weight excluding hydrogens is 504 g/mol. The van der Waals surface area contributed by atoms with Gasteiger partial charge in [-0.05, 0) is 97.2 Å². The molecule has 4 rings (SSSR count). The number of nitrogens with one attached hydrogen (secondary N) is 4. The molecule has 0 aliphatic carbocycles. The Morgan fingerprint density at radius 1 is 0.514 bits per heavy atom. The maximum absolute atomic E-state index is 12.2. The van der Waals surface area contributed by atoms with Crippen molar-refractivity contribution in [1.29, 1.82) is 0 Å². The number of hydrogen-bond donors (Lipinski definition) is 4. The van der Waals surface area contributed by atoms with Crippen LogP contribution in [0.4, 0.5) is 11.4 Å². The summed E-state index contributed by atoms with van der Waals surface area (Å²) in [6, 6.07) is 32.0. The zero-order chi connectivity index (χ0) is 26.0. The van der Waals surface area contributed by atoms with E-state index in [0.717, 1.165) is 0 Å². The van der Waals surface area contributed by atoms with Crippen molar-refractivity contribution in [1.82, 2.24) is 10.6 Å². The van der Waals surface area contributed by atoms with Crippen LogP contribution in [0.25, 0.3) is 0 Å². The maximum atomic E-state index is 12.2. The Morgan fingerprint density at radius 3 is 1.22 bits per heavy atom. The lowest BCUT2D eigenvalue weighted by atomic mass is 10.2. The first-order chi connectivity index (χ1) is 18.0. The number of ether oxygens (including phenoxy) is 1. The summed E-state index contributed by atoms with van der Waals surface area (Å²) in [6.07, 6.45) is 0. The van der Waals surface area contributed by atoms with Crippen LogP contribution < -0.4 is 26.0 Å². The Balaban J connectivity index is 1.25. The monoisotopic (exact) mass is 526 g/mol. The molecule has 4 aromatic carbocycles. The summed E-state index contributed by atoms with van der Waals surface area (Å²) in [5.41, 5.74) is 2.46. The number of anilines is 2. The molecule has 0 aliphatic rings. The quantitative estimate of drug-likeness (QED) is 0.239. The van der Waals surface area contributed by atoms with Crippen LogP contribution in [0.5, 0.6) is 11.5 Å². The molecule has 0 unspecified atom stereocenters. The molecule has 2 amide bonds. The van der Waals surface area contributed by atoms with Crippen molar-refractivity contribution in [2.75, 3.05) is 10.6 Å². The highest BCUT2D eigenvalue weighted by Crippen LogP contribution is 2.24. The lowest BCUT2D eigenvalue weighted by molar-refractivity contribution is 0.0969. The summed E-state index contributed by atoms with van der Waals surface area (Å²) in [6.45, 7) is 0. The van der Waals surface area contributed by atoms with Crippen LogP contribution in [0.1, 0.15) is 20.7 Å². The van der Waals surface area contributed by atoms with E-state index in [9.17, 15) is 9.59 Å². The second-order valence-electron chi connectivity index (χ2n) is 7.70. The summed E-state index contributed by atoms with van der Waals surface area (Å²) >= 11 is 10.5. The van der Waals surface area contributed by atoms with Gasteiger partial charge in [-0.3, -0.25) is 20.2 Å². The van der Waals surface area contributed by atoms with Gasteiger partial charge in [0.15, 0.2) is 10.2 Å². The number of carbonyl (C=O) groups is 2. The van der Waals surface area contributed by atoms with Gasteiger partial charge in [0.2, 0.25) is 0 Å². The van der Waals surface area contributed by atoms with Crippen LogP contribution >= 0.6 is 24.4 Å². The molecule has 0 spiro atoms. The molecule has 0 bridgehead atoms. The molecule has 0 saturated heterocycles. The summed E-state index contributed by atoms with van der Waals surface area (Å²) in [5, 5.41) is 11.6. The molecule has 0 fully saturated rings. The molecule has 7 nitrogen and oxygen atoms in total. The van der Waals surface area contributed by atoms with Crippen molar-refractivity contribution in [2.24, 2.45) is 0 Å². The fraction of sp³-hybridized carbons (Fsp3) is 0. The van der Waals surface area contributed by atoms with Crippen molar-refractivity contribution < 1.29 is 14.3 Å². The molecule has 0 radical (unpaired) electrons. The summed E-state index contributed by atoms with van der Waals surface area (Å²) in [4.78, 5) is 24.4. The maximum Gasteiger partial charge on any atom is 0.257 e. The molecule has 0 atom stereocenters. The topological polar surface area (TPSA) is 91.5 Å². The van der Waals surface area contributed by atoms with Crippen molar-refractivity contribution in [3.05, 3.63) is 120 Å². The van der Waals surface area contributed by atoms with E-state index in [2.05, 4.69) is 21.3 Å². The van der Waals surface area contributed by atoms with Crippen molar-refractivity contribution in [3.63, 3.8) is 0 Å². The number of hydrogen-bond acceptors (Lipinski definition) is 5. The Labute approximate surface area is 224 Å². The van der Waals surface area contributed by atoms with Gasteiger partial charge in [-0.25, -0.2) is 0 Å². The van der Waals surface area contributed by atoms with Crippen LogP contribution in [-0.4, -0.2) is 22.0 Å². The van der Waals surface area contributed by atoms with Gasteiger partial charge in [0, 0.05) is 22.5 Å². The molecule has 9 heteroatoms. The van der Waals surface area contributed by atoms with Crippen LogP contribution in [-0.2, 0) is 0 Å². The summed E-state index contributed by atoms with van der Waals surface area (Å²) in [7, 11) is 0. The second-order valence-corrected chi connectivity index (χ2v) is 8.52. The number of rotatable bonds is 6. The Morgan fingerprint density at radius 2 is 0.865 bits per heavy atom. The third-order valence-electron chi connectivity index (χ3n) is 4.99. The highest BCUT2D eigenvalue weighted by atomic mass is 32.1. The van der Waals surface area contributed by atoms with Gasteiger partial charge in [-0.15, -0.1) is 0 Å². The van der Waals surface area contributed by atoms with Gasteiger partial charge >= 0.3 is 0 Å². The molecule has 0 aliphatic heterocycles. The fourth-order valence-electron chi connectivity index (χ4n) is 3.20. The van der Waals surface area contributed by atoms with Crippen molar-refractivity contribution >= 4 is 57.8 Å². The largest absolute Gasteiger partial charge is 0.457 e. The van der Waals surface area contributed by atoms with Gasteiger partial charge in [-0.1, -0.05) is 36.4 Å². The van der Waals surface area contributed by atoms with Gasteiger partial charge in [0.25, 0.3) is 11.8 Å². The van der Waals surface area contributed by atoms with E-state index < -0.39 is 0 Å². The van der Waals surface area contributed by atoms with E-state index in [1.807, 2.05) is 12.1 Å². The first-order valence-corrected chi connectivity index (χ1v) is 12.0. The minimum atomic E-state index is -0.282. The van der Waals surface area contributed by atoms with Gasteiger partial charge in [0.05, 0.1) is 0 Å². The predicted molar refractivity (Wildman–Crippen MR) is 153 cm³/mol. The Hall–Kier alpha value is -4.60. The van der Waals surface area contributed by atoms with E-state index >= 15 is 0 Å². The number of amides is 2. The van der Waals surface area contributed by atoms with Crippen LogP contribution in [0, 0.1) is 0 Å². The summed E-state index contributed by atoms with van der Waals surface area (Å²) in [5.74, 6) is 0.679. The first-order valence-electron chi connectivity index (χ1n) is 11.2. The SMILES string of the molecule is O=C(NC(=S)Nc1ccc(Oc2ccc(NC(=S)NC(=O)c3ccccc3)cc2)cc1)c1ccccc1. The van der Waals surface area contributed by atoms with Gasteiger partial charge < -0.3 is 15.4 Å². The lowest BCUT2D eigenvalue weighted by Gasteiger charge is -2.12. The highest BCUT2D eigenvalue weighted by molar-refractivity contribution is 7.80. The first kappa shape index (κ1) is 25.5. The molecule has 0 aromatic heterocycles. The minimum Gasteiger partial charge on any atom is -0.457 e. The summed E-state index contributed by atoms with van der Waals surface area (Å²) < 4.78 is 5.88. The molecule has 184 valence electrons. The Kier molecular flexibility index (Phi) is 8.53. The molecular formula is C28H22N4O3S2. The van der Waals surface area contributed by atoms with Crippen LogP contribution in [0.2, 0.25) is 0 Å². The molecule has 0 heterocycles. The van der Waals surface area contributed by atoms with Crippen molar-refractivity contribution in [3.8, 4) is 11.5 Å². The van der Waals surface area contributed by atoms with E-state index in [4.69, 9.17) is 29.2 Å². The van der Waals surface area contributed by atoms with E-state index in [0.29, 0.717) is 34.0 Å². The normalized spacial score (nSPS) is 10.1. The number of thiocarbonyl (C=S) groups is 2. The number of carbonyl (C=O) groups excluding carboxylic acids is 2. The van der Waals surface area contributed by atoms with Crippen molar-refractivity contribution in [2.45, 2.75) is 0 Å². The van der Waals surface area contributed by atoms with Crippen LogP contribution in [0.3, 0.4) is 0 Å². The molecule has 4 N–H and O–H groups in total. The predicted octanol–water partition coefficient (Wildman–Crippen LogP) is 5.73. The molecule has 37 heavy (non-hydrogen) atoms. The lowest BCUT2D eigenvalue weighted by Crippen LogP contribution is -2.34. The van der Waals surface area contributed by atoms with E-state index in [-0.39, 0.29) is 22.0 Å². The highest BCUT2D eigenvalue weighted by Gasteiger charge is 2.09. The fourth-order valence-corrected chi connectivity index (χ4v) is 3.62. The third-order valence-corrected chi connectivity index (χ3v) is 5.39. The molecule has 4 aromatic rings. The minimum absolute atomic E-state index is 0.198. The third kappa shape index (κ3) is 7.69. The zero-order valence-corrected chi connectivity index (χ0v) is 21.1. The Bertz CT molecular complexity index is 1290. The zero-order valence-electron chi connectivity index (χ0n) is 19.4. The average molecular weight is 527 g/mol. The standard InChI is InChI=1S/C28H22N4O3S2/c33-25(19-7-3-1-4-8-19)31-27(36)29-21-11-15-23(16-12-21)35-24-17-13-22(14-18-24)30-28(37)32-26(34)20-9-5-2-6-10-20/h1-18H,(H2,29,31,33,36)(H2,30,32,34,37). The number of benzene rings is 4. The van der Waals surface area contributed by atoms with E-state index in [1.165, 1.54) is 0 Å². The van der Waals surface area contributed by atoms with Gasteiger partial charge in [0.1, 0.15) is 11.5 Å². The average Bonchev–Trinajstić information content (AvgIpc) is 2.92. The van der Waals surface area contributed by atoms with Crippen LogP contribution in [0.15, 0.2) is 109 Å².